The molecule has 6 nitrogen and oxygen atoms in total. The molecule has 4 aromatic rings. The Labute approximate surface area is 164 Å². The van der Waals surface area contributed by atoms with Gasteiger partial charge in [0.15, 0.2) is 11.5 Å². The Bertz CT molecular complexity index is 1070. The number of benzene rings is 2. The minimum absolute atomic E-state index is 0.702. The van der Waals surface area contributed by atoms with Gasteiger partial charge in [-0.1, -0.05) is 43.2 Å². The van der Waals surface area contributed by atoms with Crippen LogP contribution in [0.5, 0.6) is 0 Å². The van der Waals surface area contributed by atoms with Crippen LogP contribution in [0.1, 0.15) is 25.7 Å². The van der Waals surface area contributed by atoms with Crippen molar-refractivity contribution in [1.29, 1.82) is 0 Å². The molecule has 0 fully saturated rings. The highest BCUT2D eigenvalue weighted by Crippen LogP contribution is 2.29. The molecule has 0 aliphatic carbocycles. The normalized spacial score (nSPS) is 11.3. The van der Waals surface area contributed by atoms with Crippen LogP contribution < -0.4 is 16.8 Å². The lowest BCUT2D eigenvalue weighted by atomic mass is 10.1. The molecule has 144 valence electrons. The largest absolute Gasteiger partial charge is 0.399 e. The molecule has 0 radical (unpaired) electrons. The van der Waals surface area contributed by atoms with E-state index in [4.69, 9.17) is 16.5 Å². The van der Waals surface area contributed by atoms with Gasteiger partial charge >= 0.3 is 0 Å². The first-order valence-electron chi connectivity index (χ1n) is 9.84. The van der Waals surface area contributed by atoms with Crippen molar-refractivity contribution in [2.24, 2.45) is 5.73 Å². The van der Waals surface area contributed by atoms with Gasteiger partial charge in [-0.2, -0.15) is 0 Å². The van der Waals surface area contributed by atoms with Gasteiger partial charge in [0.25, 0.3) is 0 Å². The average molecular weight is 374 g/mol. The molecule has 5 N–H and O–H groups in total. The van der Waals surface area contributed by atoms with Crippen LogP contribution in [0.4, 0.5) is 11.5 Å². The summed E-state index contributed by atoms with van der Waals surface area (Å²) in [6.45, 7) is 1.62. The third-order valence-corrected chi connectivity index (χ3v) is 4.94. The molecule has 0 amide bonds. The van der Waals surface area contributed by atoms with Gasteiger partial charge in [-0.3, -0.25) is 4.40 Å². The summed E-state index contributed by atoms with van der Waals surface area (Å²) in [6, 6.07) is 16.1. The number of hydrogen-bond donors (Lipinski definition) is 3. The summed E-state index contributed by atoms with van der Waals surface area (Å²) >= 11 is 0. The number of anilines is 2. The third kappa shape index (κ3) is 3.64. The molecule has 0 atom stereocenters. The highest BCUT2D eigenvalue weighted by atomic mass is 15.1. The number of fused-ring (bicyclic) bond motifs is 3. The summed E-state index contributed by atoms with van der Waals surface area (Å²) < 4.78 is 2.16. The number of hydrogen-bond acceptors (Lipinski definition) is 5. The molecule has 6 heteroatoms. The van der Waals surface area contributed by atoms with Crippen LogP contribution in [0.3, 0.4) is 0 Å². The molecule has 0 aliphatic heterocycles. The molecule has 2 heterocycles. The number of nitrogens with zero attached hydrogens (tertiary/aromatic N) is 3. The zero-order valence-corrected chi connectivity index (χ0v) is 15.9. The van der Waals surface area contributed by atoms with Crippen LogP contribution in [-0.2, 0) is 0 Å². The van der Waals surface area contributed by atoms with E-state index in [0.29, 0.717) is 5.69 Å². The van der Waals surface area contributed by atoms with Gasteiger partial charge in [0.2, 0.25) is 0 Å². The molecule has 0 bridgehead atoms. The van der Waals surface area contributed by atoms with Gasteiger partial charge in [0, 0.05) is 17.8 Å². The van der Waals surface area contributed by atoms with E-state index in [9.17, 15) is 0 Å². The van der Waals surface area contributed by atoms with Crippen LogP contribution in [0.2, 0.25) is 0 Å². The summed E-state index contributed by atoms with van der Waals surface area (Å²) in [4.78, 5) is 9.50. The number of nitrogens with two attached hydrogens (primary N) is 2. The zero-order chi connectivity index (χ0) is 19.3. The number of unbranched alkanes of at least 4 members (excludes halogenated alkanes) is 3. The van der Waals surface area contributed by atoms with Crippen LogP contribution in [0.15, 0.2) is 54.7 Å². The lowest BCUT2D eigenvalue weighted by Crippen LogP contribution is -2.07. The van der Waals surface area contributed by atoms with E-state index < -0.39 is 0 Å². The Morgan fingerprint density at radius 1 is 0.964 bits per heavy atom. The fourth-order valence-electron chi connectivity index (χ4n) is 3.51. The standard InChI is InChI=1S/C22H26N6/c23-12-6-1-2-7-13-25-21-22-26-15-20(16-8-4-3-5-9-16)28(22)19-11-10-17(24)14-18(19)27-21/h3-5,8-11,14-15H,1-2,6-7,12-13,23-24H2,(H,25,27). The van der Waals surface area contributed by atoms with Crippen molar-refractivity contribution in [2.45, 2.75) is 25.7 Å². The van der Waals surface area contributed by atoms with Crippen LogP contribution >= 0.6 is 0 Å². The van der Waals surface area contributed by atoms with Gasteiger partial charge in [0.1, 0.15) is 0 Å². The smallest absolute Gasteiger partial charge is 0.181 e. The minimum atomic E-state index is 0.702. The molecule has 0 saturated heterocycles. The van der Waals surface area contributed by atoms with Gasteiger partial charge in [-0.25, -0.2) is 9.97 Å². The summed E-state index contributed by atoms with van der Waals surface area (Å²) in [6.07, 6.45) is 6.39. The lowest BCUT2D eigenvalue weighted by Gasteiger charge is -2.12. The van der Waals surface area contributed by atoms with Gasteiger partial charge in [-0.15, -0.1) is 0 Å². The Morgan fingerprint density at radius 3 is 2.61 bits per heavy atom. The number of nitrogens with one attached hydrogen (secondary N) is 1. The van der Waals surface area contributed by atoms with Crippen molar-refractivity contribution in [3.8, 4) is 11.3 Å². The van der Waals surface area contributed by atoms with Crippen LogP contribution in [0, 0.1) is 0 Å². The molecule has 0 spiro atoms. The Balaban J connectivity index is 1.74. The summed E-state index contributed by atoms with van der Waals surface area (Å²) in [5.41, 5.74) is 17.1. The van der Waals surface area contributed by atoms with Crippen molar-refractivity contribution >= 4 is 28.2 Å². The second kappa shape index (κ2) is 8.27. The second-order valence-electron chi connectivity index (χ2n) is 7.01. The number of aromatic nitrogens is 3. The van der Waals surface area contributed by atoms with Gasteiger partial charge in [0.05, 0.1) is 22.9 Å². The molecule has 4 rings (SSSR count). The second-order valence-corrected chi connectivity index (χ2v) is 7.01. The molecule has 28 heavy (non-hydrogen) atoms. The van der Waals surface area contributed by atoms with Crippen LogP contribution in [-0.4, -0.2) is 27.5 Å². The lowest BCUT2D eigenvalue weighted by molar-refractivity contribution is 0.661. The SMILES string of the molecule is NCCCCCCNc1nc2cc(N)ccc2n2c(-c3ccccc3)cnc12. The monoisotopic (exact) mass is 374 g/mol. The van der Waals surface area contributed by atoms with E-state index in [1.54, 1.807) is 0 Å². The highest BCUT2D eigenvalue weighted by molar-refractivity contribution is 5.87. The van der Waals surface area contributed by atoms with E-state index in [1.807, 2.05) is 42.6 Å². The molecule has 0 unspecified atom stereocenters. The first kappa shape index (κ1) is 18.3. The van der Waals surface area contributed by atoms with E-state index in [2.05, 4.69) is 26.8 Å². The fraction of sp³-hybridized carbons (Fsp3) is 0.273. The first-order valence-corrected chi connectivity index (χ1v) is 9.84. The maximum atomic E-state index is 6.02. The van der Waals surface area contributed by atoms with Gasteiger partial charge in [-0.05, 0) is 37.6 Å². The van der Waals surface area contributed by atoms with Crippen LogP contribution in [0.25, 0.3) is 27.9 Å². The first-order chi connectivity index (χ1) is 13.8. The number of nitrogen functional groups attached to an aromatic ring is 1. The number of imidazole rings is 1. The maximum Gasteiger partial charge on any atom is 0.181 e. The van der Waals surface area contributed by atoms with Crippen molar-refractivity contribution in [3.05, 3.63) is 54.7 Å². The van der Waals surface area contributed by atoms with E-state index in [-0.39, 0.29) is 0 Å². The zero-order valence-electron chi connectivity index (χ0n) is 15.9. The molecule has 2 aromatic heterocycles. The van der Waals surface area contributed by atoms with E-state index in [0.717, 1.165) is 72.5 Å². The molecule has 2 aromatic carbocycles. The third-order valence-electron chi connectivity index (χ3n) is 4.94. The summed E-state index contributed by atoms with van der Waals surface area (Å²) in [5.74, 6) is 0.791. The quantitative estimate of drug-likeness (QED) is 0.319. The Kier molecular flexibility index (Phi) is 5.39. The molecule has 0 saturated carbocycles. The van der Waals surface area contributed by atoms with Crippen molar-refractivity contribution in [2.75, 3.05) is 24.1 Å². The molecule has 0 aliphatic rings. The molecular formula is C22H26N6. The fourth-order valence-corrected chi connectivity index (χ4v) is 3.51. The molecular weight excluding hydrogens is 348 g/mol. The Hall–Kier alpha value is -3.12. The van der Waals surface area contributed by atoms with Crippen molar-refractivity contribution in [1.82, 2.24) is 14.4 Å². The van der Waals surface area contributed by atoms with Crippen molar-refractivity contribution < 1.29 is 0 Å². The maximum absolute atomic E-state index is 6.02. The van der Waals surface area contributed by atoms with Crippen molar-refractivity contribution in [3.63, 3.8) is 0 Å². The highest BCUT2D eigenvalue weighted by Gasteiger charge is 2.14. The topological polar surface area (TPSA) is 94.3 Å². The average Bonchev–Trinajstić information content (AvgIpc) is 3.16. The van der Waals surface area contributed by atoms with Gasteiger partial charge < -0.3 is 16.8 Å². The predicted molar refractivity (Wildman–Crippen MR) is 116 cm³/mol. The van der Waals surface area contributed by atoms with E-state index >= 15 is 0 Å². The summed E-state index contributed by atoms with van der Waals surface area (Å²) in [5, 5.41) is 3.47. The predicted octanol–water partition coefficient (Wildman–Crippen LogP) is 4.06. The minimum Gasteiger partial charge on any atom is -0.399 e. The Morgan fingerprint density at radius 2 is 1.79 bits per heavy atom. The van der Waals surface area contributed by atoms with E-state index in [1.165, 1.54) is 0 Å². The number of rotatable bonds is 8. The summed E-state index contributed by atoms with van der Waals surface area (Å²) in [7, 11) is 0.